The molecule has 1 heterocycles. The monoisotopic (exact) mass is 717 g/mol. The van der Waals surface area contributed by atoms with Crippen molar-refractivity contribution in [3.05, 3.63) is 35.9 Å². The van der Waals surface area contributed by atoms with E-state index in [4.69, 9.17) is 17.2 Å². The van der Waals surface area contributed by atoms with E-state index < -0.39 is 97.1 Å². The molecule has 51 heavy (non-hydrogen) atoms. The number of hydrogen-bond donors (Lipinski definition) is 11. The van der Waals surface area contributed by atoms with Crippen molar-refractivity contribution in [3.8, 4) is 0 Å². The Bertz CT molecular complexity index is 1380. The van der Waals surface area contributed by atoms with Gasteiger partial charge in [0, 0.05) is 19.5 Å². The molecule has 1 aromatic rings. The Morgan fingerprint density at radius 2 is 1.29 bits per heavy atom. The Morgan fingerprint density at radius 3 is 1.88 bits per heavy atom. The number of benzene rings is 1. The maximum absolute atomic E-state index is 13.8. The molecule has 1 fully saturated rings. The molecular weight excluding hydrogens is 666 g/mol. The van der Waals surface area contributed by atoms with Crippen molar-refractivity contribution in [2.75, 3.05) is 39.3 Å². The molecule has 1 aliphatic rings. The second-order valence-corrected chi connectivity index (χ2v) is 12.4. The zero-order valence-corrected chi connectivity index (χ0v) is 28.9. The smallest absolute Gasteiger partial charge is 0.243 e. The number of amides is 8. The Balaban J connectivity index is 2.45. The molecule has 5 unspecified atom stereocenters. The minimum absolute atomic E-state index is 0.0115. The molecule has 0 radical (unpaired) electrons. The summed E-state index contributed by atoms with van der Waals surface area (Å²) in [6.45, 7) is 1.78. The maximum atomic E-state index is 13.8. The highest BCUT2D eigenvalue weighted by Crippen LogP contribution is 2.09. The minimum Gasteiger partial charge on any atom is -0.354 e. The number of carbonyl (C=O) groups excluding carboxylic acids is 8. The topological polar surface area (TPSA) is 311 Å². The Hall–Kier alpha value is -5.14. The van der Waals surface area contributed by atoms with Crippen LogP contribution in [0.4, 0.5) is 0 Å². The van der Waals surface area contributed by atoms with E-state index in [1.807, 2.05) is 13.8 Å². The van der Waals surface area contributed by atoms with Crippen molar-refractivity contribution >= 4 is 47.3 Å². The number of nitrogens with one attached hydrogen (secondary N) is 8. The van der Waals surface area contributed by atoms with Gasteiger partial charge < -0.3 is 59.7 Å². The fraction of sp³-hybridized carbons (Fsp3) is 0.562. The van der Waals surface area contributed by atoms with E-state index in [1.165, 1.54) is 0 Å². The first-order chi connectivity index (χ1) is 24.2. The van der Waals surface area contributed by atoms with Gasteiger partial charge in [0.05, 0.1) is 25.7 Å². The van der Waals surface area contributed by atoms with Crippen LogP contribution in [0, 0.1) is 5.92 Å². The molecule has 1 saturated heterocycles. The van der Waals surface area contributed by atoms with Gasteiger partial charge in [0.25, 0.3) is 0 Å². The molecule has 1 aromatic carbocycles. The van der Waals surface area contributed by atoms with Crippen molar-refractivity contribution in [1.29, 1.82) is 0 Å². The van der Waals surface area contributed by atoms with Crippen LogP contribution in [0.15, 0.2) is 30.3 Å². The van der Waals surface area contributed by atoms with Crippen LogP contribution in [0.1, 0.15) is 38.7 Å². The van der Waals surface area contributed by atoms with Crippen LogP contribution < -0.4 is 59.7 Å². The maximum Gasteiger partial charge on any atom is 0.243 e. The average Bonchev–Trinajstić information content (AvgIpc) is 3.10. The molecule has 282 valence electrons. The van der Waals surface area contributed by atoms with Crippen LogP contribution in [0.25, 0.3) is 0 Å². The van der Waals surface area contributed by atoms with Gasteiger partial charge in [-0.25, -0.2) is 0 Å². The molecule has 2 rings (SSSR count). The van der Waals surface area contributed by atoms with E-state index >= 15 is 0 Å². The van der Waals surface area contributed by atoms with Crippen LogP contribution in [-0.2, 0) is 44.8 Å². The number of rotatable bonds is 9. The summed E-state index contributed by atoms with van der Waals surface area (Å²) < 4.78 is 0. The van der Waals surface area contributed by atoms with Crippen molar-refractivity contribution in [3.63, 3.8) is 0 Å². The van der Waals surface area contributed by atoms with Crippen LogP contribution in [-0.4, -0.2) is 117 Å². The van der Waals surface area contributed by atoms with Gasteiger partial charge in [-0.3, -0.25) is 38.4 Å². The first kappa shape index (κ1) is 42.0. The van der Waals surface area contributed by atoms with Crippen LogP contribution in [0.2, 0.25) is 0 Å². The predicted molar refractivity (Wildman–Crippen MR) is 185 cm³/mol. The summed E-state index contributed by atoms with van der Waals surface area (Å²) in [4.78, 5) is 104. The molecule has 19 heteroatoms. The highest BCUT2D eigenvalue weighted by molar-refractivity contribution is 5.97. The summed E-state index contributed by atoms with van der Waals surface area (Å²) in [6, 6.07) is 2.73. The predicted octanol–water partition coefficient (Wildman–Crippen LogP) is -5.28. The van der Waals surface area contributed by atoms with Gasteiger partial charge in [-0.2, -0.15) is 0 Å². The van der Waals surface area contributed by atoms with Crippen LogP contribution in [0.3, 0.4) is 0 Å². The van der Waals surface area contributed by atoms with Crippen molar-refractivity contribution in [2.24, 2.45) is 23.1 Å². The lowest BCUT2D eigenvalue weighted by atomic mass is 10.0. The fourth-order valence-electron chi connectivity index (χ4n) is 4.86. The molecule has 0 saturated carbocycles. The van der Waals surface area contributed by atoms with Crippen LogP contribution >= 0.6 is 0 Å². The number of carbonyl (C=O) groups is 8. The van der Waals surface area contributed by atoms with Gasteiger partial charge in [-0.15, -0.1) is 0 Å². The standard InChI is InChI=1S/C32H51N11O8/c1-18(2)12-23-29(48)39-17-27(46)38-16-26(45)37-15-25(44)36-11-9-22(40-28(47)20(35)14-34)31(50)41-21(8-10-33)30(49)43-24(32(51)42-23)13-19-6-4-3-5-7-19/h3-7,18,20-24H,8-17,33-35H2,1-2H3,(H,36,44)(H,37,45)(H,38,46)(H,39,48)(H,40,47)(H,41,50)(H,42,51)(H,43,49). The summed E-state index contributed by atoms with van der Waals surface area (Å²) in [7, 11) is 0. The van der Waals surface area contributed by atoms with Gasteiger partial charge in [-0.1, -0.05) is 44.2 Å². The van der Waals surface area contributed by atoms with Gasteiger partial charge in [0.2, 0.25) is 47.3 Å². The molecule has 0 aliphatic carbocycles. The largest absolute Gasteiger partial charge is 0.354 e. The number of hydrogen-bond acceptors (Lipinski definition) is 11. The summed E-state index contributed by atoms with van der Waals surface area (Å²) in [5.41, 5.74) is 17.7. The molecule has 1 aliphatic heterocycles. The normalized spacial score (nSPS) is 23.0. The second kappa shape index (κ2) is 21.8. The Labute approximate surface area is 296 Å². The van der Waals surface area contributed by atoms with Gasteiger partial charge in [0.1, 0.15) is 24.2 Å². The summed E-state index contributed by atoms with van der Waals surface area (Å²) in [5, 5.41) is 20.0. The highest BCUT2D eigenvalue weighted by Gasteiger charge is 2.32. The van der Waals surface area contributed by atoms with E-state index in [9.17, 15) is 38.4 Å². The molecule has 5 atom stereocenters. The Morgan fingerprint density at radius 1 is 0.745 bits per heavy atom. The molecule has 0 bridgehead atoms. The zero-order valence-electron chi connectivity index (χ0n) is 28.9. The van der Waals surface area contributed by atoms with Crippen molar-refractivity contribution in [1.82, 2.24) is 42.5 Å². The molecule has 0 spiro atoms. The van der Waals surface area contributed by atoms with Gasteiger partial charge in [0.15, 0.2) is 0 Å². The molecular formula is C32H51N11O8. The fourth-order valence-corrected chi connectivity index (χ4v) is 4.86. The summed E-state index contributed by atoms with van der Waals surface area (Å²) in [5.74, 6) is -5.81. The van der Waals surface area contributed by atoms with Crippen molar-refractivity contribution < 1.29 is 38.4 Å². The van der Waals surface area contributed by atoms with E-state index in [1.54, 1.807) is 30.3 Å². The van der Waals surface area contributed by atoms with Crippen LogP contribution in [0.5, 0.6) is 0 Å². The van der Waals surface area contributed by atoms with E-state index in [2.05, 4.69) is 42.5 Å². The first-order valence-corrected chi connectivity index (χ1v) is 16.7. The minimum atomic E-state index is -1.30. The summed E-state index contributed by atoms with van der Waals surface area (Å²) in [6.07, 6.45) is -0.0179. The molecule has 19 nitrogen and oxygen atoms in total. The van der Waals surface area contributed by atoms with E-state index in [-0.39, 0.29) is 51.2 Å². The third kappa shape index (κ3) is 15.5. The summed E-state index contributed by atoms with van der Waals surface area (Å²) >= 11 is 0. The lowest BCUT2D eigenvalue weighted by Gasteiger charge is -2.27. The lowest BCUT2D eigenvalue weighted by Crippen LogP contribution is -2.60. The first-order valence-electron chi connectivity index (χ1n) is 16.7. The highest BCUT2D eigenvalue weighted by atomic mass is 16.2. The van der Waals surface area contributed by atoms with E-state index in [0.717, 1.165) is 0 Å². The van der Waals surface area contributed by atoms with Gasteiger partial charge in [-0.05, 0) is 37.3 Å². The number of nitrogens with two attached hydrogens (primary N) is 3. The van der Waals surface area contributed by atoms with Gasteiger partial charge >= 0.3 is 0 Å². The lowest BCUT2D eigenvalue weighted by molar-refractivity contribution is -0.135. The van der Waals surface area contributed by atoms with E-state index in [0.29, 0.717) is 5.56 Å². The average molecular weight is 718 g/mol. The van der Waals surface area contributed by atoms with Crippen molar-refractivity contribution in [2.45, 2.75) is 69.7 Å². The SMILES string of the molecule is CC(C)CC1NC(=O)C(Cc2ccccc2)NC(=O)C(CCN)NC(=O)C(NC(=O)C(N)CN)CCNC(=O)CNC(=O)CNC(=O)CNC1=O. The zero-order chi connectivity index (χ0) is 37.9. The Kier molecular flexibility index (Phi) is 18.0. The molecule has 0 aromatic heterocycles. The third-order valence-corrected chi connectivity index (χ3v) is 7.64. The second-order valence-electron chi connectivity index (χ2n) is 12.4. The molecule has 8 amide bonds. The molecule has 14 N–H and O–H groups in total. The quantitative estimate of drug-likeness (QED) is 0.115. The third-order valence-electron chi connectivity index (χ3n) is 7.64.